The molecule has 0 aromatic heterocycles. The van der Waals surface area contributed by atoms with Crippen LogP contribution in [0.4, 0.5) is 0 Å². The molecule has 53 heavy (non-hydrogen) atoms. The zero-order valence-electron chi connectivity index (χ0n) is 31.3. The van der Waals surface area contributed by atoms with E-state index < -0.39 is 70.9 Å². The van der Waals surface area contributed by atoms with Crippen LogP contribution in [0.5, 0.6) is 17.2 Å². The fraction of sp³-hybridized carbons (Fsp3) is 0.650. The van der Waals surface area contributed by atoms with Gasteiger partial charge >= 0.3 is 0 Å². The first-order valence-corrected chi connectivity index (χ1v) is 19.0. The van der Waals surface area contributed by atoms with Crippen molar-refractivity contribution in [3.05, 3.63) is 51.6 Å². The van der Waals surface area contributed by atoms with Gasteiger partial charge in [0.05, 0.1) is 58.9 Å². The first kappa shape index (κ1) is 38.1. The average Bonchev–Trinajstić information content (AvgIpc) is 3.10. The summed E-state index contributed by atoms with van der Waals surface area (Å²) in [7, 11) is 3.90. The summed E-state index contributed by atoms with van der Waals surface area (Å²) in [6.07, 6.45) is -0.218. The molecule has 3 saturated heterocycles. The number of carbonyl (C=O) groups is 2. The number of benzene rings is 2. The Balaban J connectivity index is 1.11. The SMILES string of the molecule is CCC1(O)Cc2c(O)c3c(c(O)c2C(OC2CC(N(C)C)C(OC4CCC(C5CCC(O)C(C)O5)C(C)O4)C(C)O2)C1)C(=O)c1c(O)cccc1C3=O. The van der Waals surface area contributed by atoms with Crippen molar-refractivity contribution in [2.24, 2.45) is 5.92 Å². The third kappa shape index (κ3) is 6.77. The van der Waals surface area contributed by atoms with Crippen molar-refractivity contribution in [2.75, 3.05) is 14.1 Å². The number of ether oxygens (including phenoxy) is 5. The van der Waals surface area contributed by atoms with Crippen molar-refractivity contribution >= 4 is 11.6 Å². The van der Waals surface area contributed by atoms with Gasteiger partial charge in [-0.1, -0.05) is 19.1 Å². The zero-order valence-corrected chi connectivity index (χ0v) is 31.3. The van der Waals surface area contributed by atoms with Crippen molar-refractivity contribution in [3.8, 4) is 17.2 Å². The molecule has 12 unspecified atom stereocenters. The number of carbonyl (C=O) groups excluding carboxylic acids is 2. The van der Waals surface area contributed by atoms with Gasteiger partial charge in [-0.05, 0) is 73.0 Å². The van der Waals surface area contributed by atoms with Crippen molar-refractivity contribution in [1.29, 1.82) is 0 Å². The Morgan fingerprint density at radius 3 is 2.25 bits per heavy atom. The van der Waals surface area contributed by atoms with Crippen molar-refractivity contribution in [1.82, 2.24) is 4.90 Å². The van der Waals surface area contributed by atoms with Crippen LogP contribution in [-0.2, 0) is 30.1 Å². The second-order valence-corrected chi connectivity index (χ2v) is 16.0. The van der Waals surface area contributed by atoms with Gasteiger partial charge in [0.15, 0.2) is 18.4 Å². The second-order valence-electron chi connectivity index (χ2n) is 16.0. The number of nitrogens with zero attached hydrogens (tertiary/aromatic N) is 1. The van der Waals surface area contributed by atoms with Gasteiger partial charge in [0, 0.05) is 47.9 Å². The average molecular weight is 740 g/mol. The Hall–Kier alpha value is -3.14. The molecule has 290 valence electrons. The van der Waals surface area contributed by atoms with Gasteiger partial charge < -0.3 is 54.1 Å². The van der Waals surface area contributed by atoms with Crippen LogP contribution < -0.4 is 0 Å². The molecular formula is C40H53NO12. The lowest BCUT2D eigenvalue weighted by Crippen LogP contribution is -2.56. The number of aliphatic hydroxyl groups excluding tert-OH is 1. The minimum Gasteiger partial charge on any atom is -0.507 e. The molecular weight excluding hydrogens is 686 g/mol. The maximum absolute atomic E-state index is 13.8. The summed E-state index contributed by atoms with van der Waals surface area (Å²) >= 11 is 0. The minimum atomic E-state index is -1.35. The summed E-state index contributed by atoms with van der Waals surface area (Å²) < 4.78 is 32.2. The number of aliphatic hydroxyl groups is 2. The summed E-state index contributed by atoms with van der Waals surface area (Å²) in [6, 6.07) is 3.93. The van der Waals surface area contributed by atoms with E-state index in [9.17, 15) is 35.1 Å². The van der Waals surface area contributed by atoms with Crippen LogP contribution in [0.2, 0.25) is 0 Å². The Kier molecular flexibility index (Phi) is 10.4. The molecule has 0 saturated carbocycles. The number of fused-ring (bicyclic) bond motifs is 3. The van der Waals surface area contributed by atoms with Crippen LogP contribution in [0.15, 0.2) is 18.2 Å². The molecule has 0 bridgehead atoms. The van der Waals surface area contributed by atoms with E-state index in [1.807, 2.05) is 39.8 Å². The Morgan fingerprint density at radius 2 is 1.57 bits per heavy atom. The van der Waals surface area contributed by atoms with Crippen LogP contribution in [0, 0.1) is 5.92 Å². The molecule has 3 heterocycles. The summed E-state index contributed by atoms with van der Waals surface area (Å²) in [5, 5.41) is 55.7. The van der Waals surface area contributed by atoms with Crippen LogP contribution in [0.1, 0.15) is 122 Å². The van der Waals surface area contributed by atoms with Gasteiger partial charge in [-0.15, -0.1) is 0 Å². The molecule has 3 aliphatic heterocycles. The fourth-order valence-corrected chi connectivity index (χ4v) is 9.27. The number of phenolic OH excluding ortho intramolecular Hbond substituents is 3. The largest absolute Gasteiger partial charge is 0.507 e. The maximum Gasteiger partial charge on any atom is 0.202 e. The molecule has 0 radical (unpaired) electrons. The van der Waals surface area contributed by atoms with Crippen molar-refractivity contribution in [3.63, 3.8) is 0 Å². The third-order valence-corrected chi connectivity index (χ3v) is 12.4. The number of phenols is 3. The highest BCUT2D eigenvalue weighted by Crippen LogP contribution is 2.53. The number of likely N-dealkylation sites (N-methyl/N-ethyl adjacent to an activating group) is 1. The van der Waals surface area contributed by atoms with Gasteiger partial charge in [0.2, 0.25) is 5.78 Å². The Bertz CT molecular complexity index is 1750. The standard InChI is InChI=1S/C40H53NO12/c1-7-40(48)16-23-32(38(47)34-33(36(23)45)35(44)22-9-8-10-26(43)31(22)37(34)46)28(17-40)52-30-15-24(41(5)6)39(20(4)51-30)53-29-14-11-21(18(2)50-29)27-13-12-25(42)19(3)49-27/h8-10,18-21,24-25,27-30,39,42-43,45,47-48H,7,11-17H2,1-6H3. The number of rotatable bonds is 7. The molecule has 5 aliphatic rings. The second kappa shape index (κ2) is 14.5. The third-order valence-electron chi connectivity index (χ3n) is 12.4. The first-order chi connectivity index (χ1) is 25.1. The molecule has 5 N–H and O–H groups in total. The lowest BCUT2D eigenvalue weighted by atomic mass is 9.72. The lowest BCUT2D eigenvalue weighted by Gasteiger charge is -2.47. The van der Waals surface area contributed by atoms with Gasteiger partial charge in [-0.25, -0.2) is 0 Å². The zero-order chi connectivity index (χ0) is 38.1. The molecule has 3 fully saturated rings. The van der Waals surface area contributed by atoms with Gasteiger partial charge in [0.25, 0.3) is 0 Å². The van der Waals surface area contributed by atoms with Crippen LogP contribution in [0.3, 0.4) is 0 Å². The molecule has 13 nitrogen and oxygen atoms in total. The van der Waals surface area contributed by atoms with Crippen LogP contribution >= 0.6 is 0 Å². The first-order valence-electron chi connectivity index (χ1n) is 19.0. The number of hydrogen-bond donors (Lipinski definition) is 5. The fourth-order valence-electron chi connectivity index (χ4n) is 9.27. The van der Waals surface area contributed by atoms with Crippen molar-refractivity contribution in [2.45, 2.75) is 146 Å². The topological polar surface area (TPSA) is 185 Å². The lowest BCUT2D eigenvalue weighted by molar-refractivity contribution is -0.303. The Morgan fingerprint density at radius 1 is 0.849 bits per heavy atom. The maximum atomic E-state index is 13.8. The highest BCUT2D eigenvalue weighted by atomic mass is 16.7. The normalized spacial score (nSPS) is 37.3. The monoisotopic (exact) mass is 739 g/mol. The van der Waals surface area contributed by atoms with Gasteiger partial charge in [-0.2, -0.15) is 0 Å². The van der Waals surface area contributed by atoms with Crippen LogP contribution in [0.25, 0.3) is 0 Å². The minimum absolute atomic E-state index is 0.0254. The summed E-state index contributed by atoms with van der Waals surface area (Å²) in [5.41, 5.74) is -2.20. The molecule has 2 aliphatic carbocycles. The van der Waals surface area contributed by atoms with Crippen molar-refractivity contribution < 1.29 is 58.8 Å². The van der Waals surface area contributed by atoms with E-state index in [1.165, 1.54) is 18.2 Å². The highest BCUT2D eigenvalue weighted by Gasteiger charge is 2.49. The van der Waals surface area contributed by atoms with E-state index in [1.54, 1.807) is 6.92 Å². The number of ketones is 2. The molecule has 13 heteroatoms. The van der Waals surface area contributed by atoms with Gasteiger partial charge in [-0.3, -0.25) is 9.59 Å². The van der Waals surface area contributed by atoms with E-state index in [4.69, 9.17) is 23.7 Å². The van der Waals surface area contributed by atoms with E-state index in [0.717, 1.165) is 12.8 Å². The quantitative estimate of drug-likeness (QED) is 0.217. The number of aromatic hydroxyl groups is 3. The Labute approximate surface area is 309 Å². The van der Waals surface area contributed by atoms with Crippen LogP contribution in [-0.4, -0.2) is 117 Å². The summed E-state index contributed by atoms with van der Waals surface area (Å²) in [5.74, 6) is -2.74. The molecule has 0 amide bonds. The van der Waals surface area contributed by atoms with E-state index in [-0.39, 0.29) is 77.0 Å². The molecule has 7 rings (SSSR count). The molecule has 0 spiro atoms. The predicted octanol–water partition coefficient (Wildman–Crippen LogP) is 4.24. The summed E-state index contributed by atoms with van der Waals surface area (Å²) in [4.78, 5) is 29.5. The predicted molar refractivity (Wildman–Crippen MR) is 190 cm³/mol. The van der Waals surface area contributed by atoms with E-state index in [2.05, 4.69) is 0 Å². The highest BCUT2D eigenvalue weighted by molar-refractivity contribution is 6.31. The summed E-state index contributed by atoms with van der Waals surface area (Å²) in [6.45, 7) is 7.66. The van der Waals surface area contributed by atoms with E-state index >= 15 is 0 Å². The van der Waals surface area contributed by atoms with E-state index in [0.29, 0.717) is 25.7 Å². The number of hydrogen-bond acceptors (Lipinski definition) is 13. The van der Waals surface area contributed by atoms with Gasteiger partial charge in [0.1, 0.15) is 23.4 Å². The smallest absolute Gasteiger partial charge is 0.202 e. The molecule has 12 atom stereocenters. The molecule has 2 aromatic carbocycles. The molecule has 2 aromatic rings.